The van der Waals surface area contributed by atoms with Crippen LogP contribution in [0.1, 0.15) is 17.3 Å². The number of hydrogen-bond donors (Lipinski definition) is 2. The van der Waals surface area contributed by atoms with E-state index in [2.05, 4.69) is 10.3 Å². The molecule has 184 valence electrons. The summed E-state index contributed by atoms with van der Waals surface area (Å²) in [5.74, 6) is -3.51. The van der Waals surface area contributed by atoms with Gasteiger partial charge in [-0.3, -0.25) is 19.1 Å². The number of fused-ring (bicyclic) bond motifs is 1. The normalized spacial score (nSPS) is 14.8. The van der Waals surface area contributed by atoms with Crippen LogP contribution in [-0.2, 0) is 0 Å². The van der Waals surface area contributed by atoms with Gasteiger partial charge in [0.1, 0.15) is 28.9 Å². The van der Waals surface area contributed by atoms with Crippen molar-refractivity contribution in [3.05, 3.63) is 62.9 Å². The molecule has 0 radical (unpaired) electrons. The molecule has 8 nitrogen and oxygen atoms in total. The number of nitrogens with one attached hydrogen (secondary N) is 2. The quantitative estimate of drug-likeness (QED) is 0.520. The molecule has 0 bridgehead atoms. The molecule has 3 heterocycles. The first kappa shape index (κ1) is 24.4. The molecule has 1 atom stereocenters. The number of aromatic nitrogens is 2. The number of benzene rings is 1. The van der Waals surface area contributed by atoms with E-state index in [1.54, 1.807) is 5.32 Å². The van der Waals surface area contributed by atoms with Crippen molar-refractivity contribution in [3.63, 3.8) is 0 Å². The second-order valence-corrected chi connectivity index (χ2v) is 8.03. The standard InChI is InChI=1S/C21H15ClF5N5O3/c1-9(21(25,26)27)29-19(34)12-8-32(16-13(22)6-10(23)7-14(16)24)18-11(17(12)33)2-3-15(30-18)31-5-4-28-20(31)35/h2-3,6-9H,4-5H2,1H3,(H,28,35)(H,29,34)/t9-/m0/s1. The maximum Gasteiger partial charge on any atom is 0.408 e. The molecule has 35 heavy (non-hydrogen) atoms. The van der Waals surface area contributed by atoms with Crippen molar-refractivity contribution < 1.29 is 31.5 Å². The van der Waals surface area contributed by atoms with Crippen molar-refractivity contribution in [1.82, 2.24) is 20.2 Å². The summed E-state index contributed by atoms with van der Waals surface area (Å²) in [5, 5.41) is 3.50. The Balaban J connectivity index is 1.98. The number of hydrogen-bond acceptors (Lipinski definition) is 4. The first-order chi connectivity index (χ1) is 16.4. The van der Waals surface area contributed by atoms with Crippen molar-refractivity contribution >= 4 is 40.4 Å². The highest BCUT2D eigenvalue weighted by Crippen LogP contribution is 2.29. The summed E-state index contributed by atoms with van der Waals surface area (Å²) in [5.41, 5.74) is -2.53. The highest BCUT2D eigenvalue weighted by atomic mass is 35.5. The Kier molecular flexibility index (Phi) is 6.13. The summed E-state index contributed by atoms with van der Waals surface area (Å²) >= 11 is 6.05. The Bertz CT molecular complexity index is 1400. The molecule has 4 rings (SSSR count). The molecular weight excluding hydrogens is 501 g/mol. The van der Waals surface area contributed by atoms with Gasteiger partial charge in [0, 0.05) is 25.4 Å². The molecule has 1 fully saturated rings. The lowest BCUT2D eigenvalue weighted by atomic mass is 10.1. The fourth-order valence-corrected chi connectivity index (χ4v) is 3.77. The molecule has 3 aromatic rings. The minimum absolute atomic E-state index is 0.0715. The van der Waals surface area contributed by atoms with E-state index in [1.165, 1.54) is 17.0 Å². The van der Waals surface area contributed by atoms with Crippen LogP contribution in [0.3, 0.4) is 0 Å². The zero-order valence-electron chi connectivity index (χ0n) is 17.7. The van der Waals surface area contributed by atoms with Gasteiger partial charge in [0.15, 0.2) is 11.5 Å². The van der Waals surface area contributed by atoms with Crippen molar-refractivity contribution in [3.8, 4) is 5.69 Å². The SMILES string of the molecule is C[C@H](NC(=O)c1cn(-c2c(F)cc(F)cc2Cl)c2nc(N3CCNC3=O)ccc2c1=O)C(F)(F)F. The summed E-state index contributed by atoms with van der Waals surface area (Å²) in [6.45, 7) is 1.24. The topological polar surface area (TPSA) is 96.3 Å². The summed E-state index contributed by atoms with van der Waals surface area (Å²) in [6, 6.07) is 0.984. The van der Waals surface area contributed by atoms with E-state index in [4.69, 9.17) is 11.6 Å². The maximum absolute atomic E-state index is 14.8. The second-order valence-electron chi connectivity index (χ2n) is 7.62. The van der Waals surface area contributed by atoms with Gasteiger partial charge in [-0.1, -0.05) is 11.6 Å². The predicted octanol–water partition coefficient (Wildman–Crippen LogP) is 3.53. The van der Waals surface area contributed by atoms with Gasteiger partial charge in [-0.25, -0.2) is 18.6 Å². The number of pyridine rings is 2. The van der Waals surface area contributed by atoms with Crippen LogP contribution in [0.25, 0.3) is 16.7 Å². The number of nitrogens with zero attached hydrogens (tertiary/aromatic N) is 3. The van der Waals surface area contributed by atoms with Crippen LogP contribution in [0.5, 0.6) is 0 Å². The molecule has 0 saturated carbocycles. The van der Waals surface area contributed by atoms with Crippen LogP contribution >= 0.6 is 11.6 Å². The summed E-state index contributed by atoms with van der Waals surface area (Å²) < 4.78 is 68.2. The molecule has 0 spiro atoms. The van der Waals surface area contributed by atoms with Crippen LogP contribution in [0.4, 0.5) is 32.6 Å². The average molecular weight is 516 g/mol. The summed E-state index contributed by atoms with van der Waals surface area (Å²) in [7, 11) is 0. The van der Waals surface area contributed by atoms with E-state index < -0.39 is 57.5 Å². The van der Waals surface area contributed by atoms with E-state index in [0.29, 0.717) is 19.5 Å². The van der Waals surface area contributed by atoms with E-state index >= 15 is 0 Å². The lowest BCUT2D eigenvalue weighted by Gasteiger charge is -2.19. The second kappa shape index (κ2) is 8.80. The number of anilines is 1. The number of carbonyl (C=O) groups excluding carboxylic acids is 2. The summed E-state index contributed by atoms with van der Waals surface area (Å²) in [6.07, 6.45) is -4.02. The van der Waals surface area contributed by atoms with Crippen molar-refractivity contribution in [2.45, 2.75) is 19.1 Å². The van der Waals surface area contributed by atoms with E-state index in [-0.39, 0.29) is 23.4 Å². The van der Waals surface area contributed by atoms with Crippen LogP contribution in [0.15, 0.2) is 35.3 Å². The van der Waals surface area contributed by atoms with Gasteiger partial charge in [0.2, 0.25) is 5.43 Å². The number of halogens is 6. The zero-order valence-corrected chi connectivity index (χ0v) is 18.5. The van der Waals surface area contributed by atoms with Crippen LogP contribution in [0.2, 0.25) is 5.02 Å². The van der Waals surface area contributed by atoms with Crippen molar-refractivity contribution in [2.24, 2.45) is 0 Å². The number of amides is 3. The number of carbonyl (C=O) groups is 2. The monoisotopic (exact) mass is 515 g/mol. The predicted molar refractivity (Wildman–Crippen MR) is 116 cm³/mol. The first-order valence-corrected chi connectivity index (χ1v) is 10.4. The number of alkyl halides is 3. The van der Waals surface area contributed by atoms with Gasteiger partial charge >= 0.3 is 12.2 Å². The van der Waals surface area contributed by atoms with Gasteiger partial charge in [-0.05, 0) is 25.1 Å². The van der Waals surface area contributed by atoms with Gasteiger partial charge in [0.05, 0.1) is 10.4 Å². The summed E-state index contributed by atoms with van der Waals surface area (Å²) in [4.78, 5) is 43.2. The minimum Gasteiger partial charge on any atom is -0.340 e. The lowest BCUT2D eigenvalue weighted by Crippen LogP contribution is -2.44. The Labute approximate surface area is 198 Å². The Hall–Kier alpha value is -3.74. The molecule has 1 aromatic carbocycles. The van der Waals surface area contributed by atoms with Crippen LogP contribution in [0, 0.1) is 11.6 Å². The number of urea groups is 1. The van der Waals surface area contributed by atoms with Gasteiger partial charge < -0.3 is 10.6 Å². The van der Waals surface area contributed by atoms with Crippen molar-refractivity contribution in [1.29, 1.82) is 0 Å². The molecule has 1 aliphatic rings. The fourth-order valence-electron chi connectivity index (χ4n) is 3.49. The van der Waals surface area contributed by atoms with E-state index in [0.717, 1.165) is 16.8 Å². The highest BCUT2D eigenvalue weighted by molar-refractivity contribution is 6.32. The molecular formula is C21H15ClF5N5O3. The fraction of sp³-hybridized carbons (Fsp3) is 0.238. The average Bonchev–Trinajstić information content (AvgIpc) is 3.19. The molecule has 14 heteroatoms. The molecule has 1 saturated heterocycles. The van der Waals surface area contributed by atoms with Gasteiger partial charge in [-0.15, -0.1) is 0 Å². The smallest absolute Gasteiger partial charge is 0.340 e. The molecule has 3 amide bonds. The number of rotatable bonds is 4. The Morgan fingerprint density at radius 1 is 1.23 bits per heavy atom. The largest absolute Gasteiger partial charge is 0.408 e. The molecule has 0 unspecified atom stereocenters. The van der Waals surface area contributed by atoms with E-state index in [9.17, 15) is 36.3 Å². The molecule has 0 aliphatic carbocycles. The zero-order chi connectivity index (χ0) is 25.7. The highest BCUT2D eigenvalue weighted by Gasteiger charge is 2.37. The Morgan fingerprint density at radius 2 is 1.94 bits per heavy atom. The lowest BCUT2D eigenvalue weighted by molar-refractivity contribution is -0.149. The molecule has 2 N–H and O–H groups in total. The van der Waals surface area contributed by atoms with Crippen LogP contribution < -0.4 is 21.0 Å². The third-order valence-corrected chi connectivity index (χ3v) is 5.56. The Morgan fingerprint density at radius 3 is 2.54 bits per heavy atom. The molecule has 1 aliphatic heterocycles. The third kappa shape index (κ3) is 4.50. The van der Waals surface area contributed by atoms with Crippen LogP contribution in [-0.4, -0.2) is 46.8 Å². The maximum atomic E-state index is 14.8. The van der Waals surface area contributed by atoms with Gasteiger partial charge in [0.25, 0.3) is 5.91 Å². The first-order valence-electron chi connectivity index (χ1n) is 10.0. The van der Waals surface area contributed by atoms with Crippen molar-refractivity contribution in [2.75, 3.05) is 18.0 Å². The molecule has 2 aromatic heterocycles. The van der Waals surface area contributed by atoms with E-state index in [1.807, 2.05) is 0 Å². The third-order valence-electron chi connectivity index (χ3n) is 5.28. The minimum atomic E-state index is -4.79. The van der Waals surface area contributed by atoms with Gasteiger partial charge in [-0.2, -0.15) is 13.2 Å².